The van der Waals surface area contributed by atoms with Crippen molar-refractivity contribution in [1.29, 1.82) is 0 Å². The van der Waals surface area contributed by atoms with Gasteiger partial charge in [-0.25, -0.2) is 4.98 Å². The zero-order valence-electron chi connectivity index (χ0n) is 9.39. The molecule has 0 aliphatic heterocycles. The molecule has 2 aromatic rings. The van der Waals surface area contributed by atoms with E-state index in [4.69, 9.17) is 23.1 Å². The molecule has 2 aromatic heterocycles. The van der Waals surface area contributed by atoms with Gasteiger partial charge in [0.2, 0.25) is 0 Å². The molecule has 0 saturated carbocycles. The van der Waals surface area contributed by atoms with Crippen LogP contribution in [0.5, 0.6) is 0 Å². The monoisotopic (exact) mass is 248 g/mol. The van der Waals surface area contributed by atoms with Gasteiger partial charge in [0.1, 0.15) is 5.82 Å². The van der Waals surface area contributed by atoms with Crippen molar-refractivity contribution in [2.75, 3.05) is 5.73 Å². The van der Waals surface area contributed by atoms with Gasteiger partial charge < -0.3 is 11.5 Å². The summed E-state index contributed by atoms with van der Waals surface area (Å²) in [5.74, 6) is 0.381. The highest BCUT2D eigenvalue weighted by molar-refractivity contribution is 6.30. The number of hydrogen-bond donors (Lipinski definition) is 2. The van der Waals surface area contributed by atoms with Gasteiger partial charge >= 0.3 is 0 Å². The van der Waals surface area contributed by atoms with E-state index in [-0.39, 0.29) is 0 Å². The van der Waals surface area contributed by atoms with Gasteiger partial charge in [0.25, 0.3) is 0 Å². The summed E-state index contributed by atoms with van der Waals surface area (Å²) in [6.45, 7) is 1.95. The average Bonchev–Trinajstić information content (AvgIpc) is 2.32. The van der Waals surface area contributed by atoms with E-state index in [1.54, 1.807) is 12.3 Å². The first-order valence-electron chi connectivity index (χ1n) is 5.17. The first-order valence-corrected chi connectivity index (χ1v) is 5.55. The number of hydrogen-bond acceptors (Lipinski definition) is 4. The summed E-state index contributed by atoms with van der Waals surface area (Å²) in [4.78, 5) is 8.27. The maximum atomic E-state index is 6.15. The van der Waals surface area contributed by atoms with Crippen LogP contribution in [0.3, 0.4) is 0 Å². The molecule has 4 N–H and O–H groups in total. The first-order chi connectivity index (χ1) is 8.09. The van der Waals surface area contributed by atoms with Crippen LogP contribution in [0, 0.1) is 6.92 Å². The third-order valence-corrected chi connectivity index (χ3v) is 2.80. The highest BCUT2D eigenvalue weighted by atomic mass is 35.5. The summed E-state index contributed by atoms with van der Waals surface area (Å²) in [7, 11) is 0. The Kier molecular flexibility index (Phi) is 3.26. The second-order valence-corrected chi connectivity index (χ2v) is 4.25. The lowest BCUT2D eigenvalue weighted by Crippen LogP contribution is -2.17. The van der Waals surface area contributed by atoms with Gasteiger partial charge in [-0.2, -0.15) is 0 Å². The topological polar surface area (TPSA) is 77.8 Å². The molecule has 0 aromatic carbocycles. The van der Waals surface area contributed by atoms with Crippen LogP contribution < -0.4 is 11.5 Å². The predicted molar refractivity (Wildman–Crippen MR) is 68.7 cm³/mol. The van der Waals surface area contributed by atoms with Crippen molar-refractivity contribution in [2.45, 2.75) is 13.0 Å². The van der Waals surface area contributed by atoms with Crippen LogP contribution in [-0.2, 0) is 0 Å². The van der Waals surface area contributed by atoms with E-state index in [9.17, 15) is 0 Å². The smallest absolute Gasteiger partial charge is 0.128 e. The molecular weight excluding hydrogens is 236 g/mol. The summed E-state index contributed by atoms with van der Waals surface area (Å²) < 4.78 is 0. The largest absolute Gasteiger partial charge is 0.383 e. The molecule has 2 heterocycles. The van der Waals surface area contributed by atoms with Gasteiger partial charge in [0, 0.05) is 18.0 Å². The minimum atomic E-state index is -0.414. The number of aryl methyl sites for hydroxylation is 1. The Labute approximate surface area is 105 Å². The number of aromatic nitrogens is 2. The van der Waals surface area contributed by atoms with E-state index in [0.29, 0.717) is 16.4 Å². The summed E-state index contributed by atoms with van der Waals surface area (Å²) >= 11 is 5.89. The fraction of sp³-hybridized carbons (Fsp3) is 0.167. The van der Waals surface area contributed by atoms with Gasteiger partial charge in [-0.05, 0) is 24.6 Å². The SMILES string of the molecule is Cc1cccnc1C(N)c1cc(Cl)cnc1N. The second kappa shape index (κ2) is 4.69. The Bertz CT molecular complexity index is 542. The third-order valence-electron chi connectivity index (χ3n) is 2.60. The van der Waals surface area contributed by atoms with Crippen molar-refractivity contribution in [1.82, 2.24) is 9.97 Å². The summed E-state index contributed by atoms with van der Waals surface area (Å²) in [6.07, 6.45) is 3.20. The molecule has 0 amide bonds. The molecule has 0 aliphatic carbocycles. The lowest BCUT2D eigenvalue weighted by atomic mass is 10.0. The molecule has 0 spiro atoms. The average molecular weight is 249 g/mol. The van der Waals surface area contributed by atoms with E-state index in [1.165, 1.54) is 6.20 Å². The molecule has 17 heavy (non-hydrogen) atoms. The number of nitrogens with two attached hydrogens (primary N) is 2. The fourth-order valence-electron chi connectivity index (χ4n) is 1.69. The van der Waals surface area contributed by atoms with Gasteiger partial charge in [0.15, 0.2) is 0 Å². The van der Waals surface area contributed by atoms with Crippen LogP contribution >= 0.6 is 11.6 Å². The van der Waals surface area contributed by atoms with Crippen molar-refractivity contribution in [2.24, 2.45) is 5.73 Å². The van der Waals surface area contributed by atoms with Crippen molar-refractivity contribution in [3.05, 3.63) is 52.4 Å². The van der Waals surface area contributed by atoms with Crippen molar-refractivity contribution in [3.63, 3.8) is 0 Å². The van der Waals surface area contributed by atoms with Crippen molar-refractivity contribution >= 4 is 17.4 Å². The molecule has 0 radical (unpaired) electrons. The van der Waals surface area contributed by atoms with Gasteiger partial charge in [-0.3, -0.25) is 4.98 Å². The molecule has 0 bridgehead atoms. The van der Waals surface area contributed by atoms with Crippen LogP contribution in [0.1, 0.15) is 22.9 Å². The Balaban J connectivity index is 2.47. The summed E-state index contributed by atoms with van der Waals surface area (Å²) in [5, 5.41) is 0.512. The summed E-state index contributed by atoms with van der Waals surface area (Å²) in [6, 6.07) is 5.13. The number of nitrogens with zero attached hydrogens (tertiary/aromatic N) is 2. The van der Waals surface area contributed by atoms with E-state index in [1.807, 2.05) is 19.1 Å². The third kappa shape index (κ3) is 2.38. The van der Waals surface area contributed by atoms with Gasteiger partial charge in [-0.15, -0.1) is 0 Å². The lowest BCUT2D eigenvalue weighted by Gasteiger charge is -2.15. The van der Waals surface area contributed by atoms with Crippen molar-refractivity contribution < 1.29 is 0 Å². The van der Waals surface area contributed by atoms with E-state index < -0.39 is 6.04 Å². The molecule has 88 valence electrons. The van der Waals surface area contributed by atoms with Gasteiger partial charge in [0.05, 0.1) is 16.8 Å². The highest BCUT2D eigenvalue weighted by Gasteiger charge is 2.16. The number of halogens is 1. The number of pyridine rings is 2. The molecule has 0 fully saturated rings. The molecule has 1 atom stereocenters. The fourth-order valence-corrected chi connectivity index (χ4v) is 1.85. The maximum Gasteiger partial charge on any atom is 0.128 e. The molecule has 1 unspecified atom stereocenters. The zero-order valence-corrected chi connectivity index (χ0v) is 10.1. The molecule has 5 heteroatoms. The molecule has 0 saturated heterocycles. The van der Waals surface area contributed by atoms with E-state index in [0.717, 1.165) is 11.3 Å². The van der Waals surface area contributed by atoms with E-state index >= 15 is 0 Å². The highest BCUT2D eigenvalue weighted by Crippen LogP contribution is 2.26. The number of nitrogen functional groups attached to an aromatic ring is 1. The minimum Gasteiger partial charge on any atom is -0.383 e. The van der Waals surface area contributed by atoms with E-state index in [2.05, 4.69) is 9.97 Å². The van der Waals surface area contributed by atoms with Crippen LogP contribution in [-0.4, -0.2) is 9.97 Å². The van der Waals surface area contributed by atoms with Crippen LogP contribution in [0.2, 0.25) is 5.02 Å². The number of rotatable bonds is 2. The predicted octanol–water partition coefficient (Wildman–Crippen LogP) is 2.07. The Hall–Kier alpha value is -1.65. The zero-order chi connectivity index (χ0) is 12.4. The molecule has 0 aliphatic rings. The maximum absolute atomic E-state index is 6.15. The second-order valence-electron chi connectivity index (χ2n) is 3.81. The number of anilines is 1. The summed E-state index contributed by atoms with van der Waals surface area (Å²) in [5.41, 5.74) is 14.4. The minimum absolute atomic E-state index is 0.381. The van der Waals surface area contributed by atoms with Crippen molar-refractivity contribution in [3.8, 4) is 0 Å². The Morgan fingerprint density at radius 1 is 1.35 bits per heavy atom. The van der Waals surface area contributed by atoms with Crippen LogP contribution in [0.4, 0.5) is 5.82 Å². The van der Waals surface area contributed by atoms with Crippen LogP contribution in [0.15, 0.2) is 30.6 Å². The molecular formula is C12H13ClN4. The van der Waals surface area contributed by atoms with Gasteiger partial charge in [-0.1, -0.05) is 17.7 Å². The normalized spacial score (nSPS) is 12.4. The Morgan fingerprint density at radius 3 is 2.82 bits per heavy atom. The molecule has 4 nitrogen and oxygen atoms in total. The Morgan fingerprint density at radius 2 is 2.12 bits per heavy atom. The van der Waals surface area contributed by atoms with Crippen LogP contribution in [0.25, 0.3) is 0 Å². The quantitative estimate of drug-likeness (QED) is 0.853. The standard InChI is InChI=1S/C12H13ClN4/c1-7-3-2-4-16-11(7)10(14)9-5-8(13)6-17-12(9)15/h2-6,10H,14H2,1H3,(H2,15,17). The lowest BCUT2D eigenvalue weighted by molar-refractivity contribution is 0.815. The molecule has 2 rings (SSSR count). The first kappa shape index (κ1) is 11.8.